The molecule has 1 fully saturated rings. The van der Waals surface area contributed by atoms with Gasteiger partial charge in [-0.05, 0) is 56.2 Å². The minimum absolute atomic E-state index is 0.0698. The fourth-order valence-corrected chi connectivity index (χ4v) is 4.96. The molecule has 1 aliphatic rings. The Balaban J connectivity index is 1.78. The molecule has 2 heterocycles. The first-order chi connectivity index (χ1) is 15.8. The molecule has 1 aliphatic heterocycles. The van der Waals surface area contributed by atoms with Crippen LogP contribution < -0.4 is 9.70 Å². The third-order valence-electron chi connectivity index (χ3n) is 5.31. The Hall–Kier alpha value is -3.59. The molecule has 9 heteroatoms. The quantitative estimate of drug-likeness (QED) is 0.425. The maximum absolute atomic E-state index is 13.1. The summed E-state index contributed by atoms with van der Waals surface area (Å²) in [5.74, 6) is -1.53. The zero-order chi connectivity index (χ0) is 23.7. The first-order valence-electron chi connectivity index (χ1n) is 10.6. The summed E-state index contributed by atoms with van der Waals surface area (Å²) in [7, 11) is 0. The maximum atomic E-state index is 13.1. The second-order valence-electron chi connectivity index (χ2n) is 7.80. The van der Waals surface area contributed by atoms with Gasteiger partial charge in [0.2, 0.25) is 11.8 Å². The van der Waals surface area contributed by atoms with Crippen LogP contribution in [0.2, 0.25) is 0 Å². The number of anilines is 1. The molecule has 2 aromatic carbocycles. The number of benzene rings is 2. The lowest BCUT2D eigenvalue weighted by Crippen LogP contribution is -2.28. The van der Waals surface area contributed by atoms with Crippen LogP contribution in [0.1, 0.15) is 41.3 Å². The summed E-state index contributed by atoms with van der Waals surface area (Å²) in [5, 5.41) is 0. The van der Waals surface area contributed by atoms with E-state index in [9.17, 15) is 19.2 Å². The van der Waals surface area contributed by atoms with Crippen molar-refractivity contribution in [2.45, 2.75) is 40.2 Å². The van der Waals surface area contributed by atoms with Gasteiger partial charge in [0.15, 0.2) is 4.80 Å². The van der Waals surface area contributed by atoms with Gasteiger partial charge in [-0.3, -0.25) is 24.1 Å². The van der Waals surface area contributed by atoms with Crippen molar-refractivity contribution in [3.8, 4) is 0 Å². The number of hydrogen-bond donors (Lipinski definition) is 0. The van der Waals surface area contributed by atoms with Crippen LogP contribution in [0.15, 0.2) is 41.4 Å². The highest BCUT2D eigenvalue weighted by atomic mass is 32.1. The van der Waals surface area contributed by atoms with Crippen LogP contribution in [0.5, 0.6) is 0 Å². The smallest absolute Gasteiger partial charge is 0.326 e. The zero-order valence-corrected chi connectivity index (χ0v) is 19.4. The molecule has 3 amide bonds. The highest BCUT2D eigenvalue weighted by Crippen LogP contribution is 2.25. The first kappa shape index (κ1) is 22.6. The molecule has 0 saturated carbocycles. The van der Waals surface area contributed by atoms with Gasteiger partial charge in [-0.25, -0.2) is 0 Å². The molecule has 4 rings (SSSR count). The number of esters is 1. The fourth-order valence-electron chi connectivity index (χ4n) is 3.88. The second-order valence-corrected chi connectivity index (χ2v) is 8.77. The summed E-state index contributed by atoms with van der Waals surface area (Å²) in [6.07, 6.45) is 0.325. The van der Waals surface area contributed by atoms with Gasteiger partial charge < -0.3 is 9.30 Å². The lowest BCUT2D eigenvalue weighted by molar-refractivity contribution is -0.143. The molecule has 0 unspecified atom stereocenters. The first-order valence-corrected chi connectivity index (χ1v) is 11.4. The Bertz CT molecular complexity index is 1350. The van der Waals surface area contributed by atoms with Crippen molar-refractivity contribution in [2.24, 2.45) is 4.99 Å². The van der Waals surface area contributed by atoms with Crippen molar-refractivity contribution < 1.29 is 23.9 Å². The summed E-state index contributed by atoms with van der Waals surface area (Å²) in [6, 6.07) is 10.3. The molecule has 170 valence electrons. The summed E-state index contributed by atoms with van der Waals surface area (Å²) in [5.41, 5.74) is 3.45. The molecule has 8 nitrogen and oxygen atoms in total. The number of carbonyl (C=O) groups excluding carboxylic acids is 4. The number of fused-ring (bicyclic) bond motifs is 1. The van der Waals surface area contributed by atoms with Crippen molar-refractivity contribution in [1.29, 1.82) is 0 Å². The van der Waals surface area contributed by atoms with Gasteiger partial charge >= 0.3 is 5.97 Å². The zero-order valence-electron chi connectivity index (χ0n) is 18.6. The SMILES string of the molecule is CCOC(=O)Cn1c(=NC(=O)c2cccc(N3C(=O)CCC3=O)c2)sc2c(C)cc(C)cc21. The molecule has 0 radical (unpaired) electrons. The number of rotatable bonds is 5. The number of imide groups is 1. The molecule has 33 heavy (non-hydrogen) atoms. The molecule has 0 bridgehead atoms. The highest BCUT2D eigenvalue weighted by Gasteiger charge is 2.30. The van der Waals surface area contributed by atoms with Crippen molar-refractivity contribution in [3.05, 3.63) is 57.9 Å². The van der Waals surface area contributed by atoms with Crippen molar-refractivity contribution in [2.75, 3.05) is 11.5 Å². The summed E-state index contributed by atoms with van der Waals surface area (Å²) < 4.78 is 7.73. The van der Waals surface area contributed by atoms with E-state index >= 15 is 0 Å². The van der Waals surface area contributed by atoms with Gasteiger partial charge in [0.25, 0.3) is 5.91 Å². The van der Waals surface area contributed by atoms with Crippen molar-refractivity contribution in [1.82, 2.24) is 4.57 Å². The average molecular weight is 466 g/mol. The molecule has 0 spiro atoms. The second kappa shape index (κ2) is 9.11. The summed E-state index contributed by atoms with van der Waals surface area (Å²) >= 11 is 1.32. The molecule has 0 aliphatic carbocycles. The van der Waals surface area contributed by atoms with E-state index in [0.29, 0.717) is 10.5 Å². The molecular formula is C24H23N3O5S. The van der Waals surface area contributed by atoms with Gasteiger partial charge in [0.1, 0.15) is 6.54 Å². The van der Waals surface area contributed by atoms with Crippen LogP contribution in [0, 0.1) is 13.8 Å². The van der Waals surface area contributed by atoms with Gasteiger partial charge in [0, 0.05) is 18.4 Å². The van der Waals surface area contributed by atoms with Crippen LogP contribution >= 0.6 is 11.3 Å². The van der Waals surface area contributed by atoms with E-state index in [-0.39, 0.29) is 43.4 Å². The van der Waals surface area contributed by atoms with Gasteiger partial charge in [0.05, 0.1) is 22.5 Å². The number of ether oxygens (including phenoxy) is 1. The van der Waals surface area contributed by atoms with Gasteiger partial charge in [-0.2, -0.15) is 4.99 Å². The van der Waals surface area contributed by atoms with Crippen LogP contribution in [-0.4, -0.2) is 34.9 Å². The number of nitrogens with zero attached hydrogens (tertiary/aromatic N) is 3. The van der Waals surface area contributed by atoms with E-state index < -0.39 is 11.9 Å². The number of thiazole rings is 1. The summed E-state index contributed by atoms with van der Waals surface area (Å²) in [6.45, 7) is 5.86. The van der Waals surface area contributed by atoms with Crippen molar-refractivity contribution >= 4 is 50.9 Å². The van der Waals surface area contributed by atoms with Gasteiger partial charge in [-0.15, -0.1) is 0 Å². The van der Waals surface area contributed by atoms with Crippen LogP contribution in [0.25, 0.3) is 10.2 Å². The number of hydrogen-bond acceptors (Lipinski definition) is 6. The van der Waals surface area contributed by atoms with Crippen LogP contribution in [0.3, 0.4) is 0 Å². The third kappa shape index (κ3) is 4.49. The molecule has 0 N–H and O–H groups in total. The maximum Gasteiger partial charge on any atom is 0.326 e. The summed E-state index contributed by atoms with van der Waals surface area (Å²) in [4.78, 5) is 55.2. The molecular weight excluding hydrogens is 442 g/mol. The van der Waals surface area contributed by atoms with Crippen LogP contribution in [-0.2, 0) is 25.7 Å². The predicted molar refractivity (Wildman–Crippen MR) is 124 cm³/mol. The van der Waals surface area contributed by atoms with E-state index in [1.54, 1.807) is 29.7 Å². The molecule has 1 saturated heterocycles. The van der Waals surface area contributed by atoms with E-state index in [1.165, 1.54) is 17.4 Å². The highest BCUT2D eigenvalue weighted by molar-refractivity contribution is 7.16. The Morgan fingerprint density at radius 3 is 2.52 bits per heavy atom. The number of aromatic nitrogens is 1. The minimum Gasteiger partial charge on any atom is -0.465 e. The van der Waals surface area contributed by atoms with E-state index in [4.69, 9.17) is 4.74 Å². The fraction of sp³-hybridized carbons (Fsp3) is 0.292. The minimum atomic E-state index is -0.533. The molecule has 1 aromatic heterocycles. The Kier molecular flexibility index (Phi) is 6.24. The number of aryl methyl sites for hydroxylation is 2. The average Bonchev–Trinajstić information content (AvgIpc) is 3.28. The molecule has 0 atom stereocenters. The Morgan fingerprint density at radius 1 is 1.09 bits per heavy atom. The van der Waals surface area contributed by atoms with Crippen molar-refractivity contribution in [3.63, 3.8) is 0 Å². The molecule has 3 aromatic rings. The topological polar surface area (TPSA) is 98.0 Å². The van der Waals surface area contributed by atoms with Gasteiger partial charge in [-0.1, -0.05) is 23.5 Å². The normalized spacial score (nSPS) is 14.4. The van der Waals surface area contributed by atoms with E-state index in [2.05, 4.69) is 4.99 Å². The number of amides is 3. The lowest BCUT2D eigenvalue weighted by atomic mass is 10.1. The standard InChI is InChI=1S/C24H23N3O5S/c1-4-32-21(30)13-26-18-11-14(2)10-15(3)22(18)33-24(26)25-23(31)16-6-5-7-17(12-16)27-19(28)8-9-20(27)29/h5-7,10-12H,4,8-9,13H2,1-3H3. The van der Waals surface area contributed by atoms with Crippen LogP contribution in [0.4, 0.5) is 5.69 Å². The van der Waals surface area contributed by atoms with E-state index in [1.807, 2.05) is 26.0 Å². The number of carbonyl (C=O) groups is 4. The Morgan fingerprint density at radius 2 is 1.82 bits per heavy atom. The lowest BCUT2D eigenvalue weighted by Gasteiger charge is -2.14. The Labute approximate surface area is 194 Å². The third-order valence-corrected chi connectivity index (χ3v) is 6.54. The van der Waals surface area contributed by atoms with E-state index in [0.717, 1.165) is 26.2 Å². The predicted octanol–water partition coefficient (Wildman–Crippen LogP) is 3.28. The largest absolute Gasteiger partial charge is 0.465 e. The monoisotopic (exact) mass is 465 g/mol.